The maximum Gasteiger partial charge on any atom is 0.225 e. The van der Waals surface area contributed by atoms with E-state index in [4.69, 9.17) is 5.73 Å². The Hall–Kier alpha value is -1.16. The lowest BCUT2D eigenvalue weighted by atomic mass is 9.80. The molecule has 1 aromatic heterocycles. The van der Waals surface area contributed by atoms with E-state index in [0.717, 1.165) is 30.4 Å². The average Bonchev–Trinajstić information content (AvgIpc) is 2.23. The minimum absolute atomic E-state index is 0.0783. The Balaban J connectivity index is 2.17. The van der Waals surface area contributed by atoms with Crippen LogP contribution in [0.15, 0.2) is 6.07 Å². The lowest BCUT2D eigenvalue weighted by Crippen LogP contribution is -2.70. The van der Waals surface area contributed by atoms with Crippen LogP contribution in [-0.4, -0.2) is 28.6 Å². The summed E-state index contributed by atoms with van der Waals surface area (Å²) in [5, 5.41) is 0. The number of hydrogen-bond acceptors (Lipinski definition) is 4. The predicted octanol–water partition coefficient (Wildman–Crippen LogP) is 2.08. The summed E-state index contributed by atoms with van der Waals surface area (Å²) in [4.78, 5) is 11.3. The smallest absolute Gasteiger partial charge is 0.225 e. The van der Waals surface area contributed by atoms with Crippen LogP contribution in [0.25, 0.3) is 0 Å². The number of aromatic nitrogens is 2. The first-order valence-corrected chi connectivity index (χ1v) is 6.71. The first-order valence-electron chi connectivity index (χ1n) is 6.71. The Kier molecular flexibility index (Phi) is 3.32. The van der Waals surface area contributed by atoms with Crippen molar-refractivity contribution in [2.45, 2.75) is 46.1 Å². The standard InChI is InChI=1S/C14H24N4/c1-9(2)12-6-11(5)16-13(17-12)18-7-14(15,8-18)10(3)4/h6,9-10H,7-8,15H2,1-5H3. The van der Waals surface area contributed by atoms with E-state index in [9.17, 15) is 0 Å². The van der Waals surface area contributed by atoms with Gasteiger partial charge in [0, 0.05) is 24.5 Å². The van der Waals surface area contributed by atoms with Gasteiger partial charge in [-0.2, -0.15) is 0 Å². The summed E-state index contributed by atoms with van der Waals surface area (Å²) in [6.45, 7) is 12.4. The molecule has 1 fully saturated rings. The maximum atomic E-state index is 6.31. The Morgan fingerprint density at radius 2 is 1.83 bits per heavy atom. The zero-order valence-corrected chi connectivity index (χ0v) is 12.1. The first kappa shape index (κ1) is 13.3. The third-order valence-corrected chi connectivity index (χ3v) is 3.86. The molecule has 0 bridgehead atoms. The monoisotopic (exact) mass is 248 g/mol. The fraction of sp³-hybridized carbons (Fsp3) is 0.714. The van der Waals surface area contributed by atoms with Gasteiger partial charge in [0.25, 0.3) is 0 Å². The van der Waals surface area contributed by atoms with Crippen molar-refractivity contribution in [1.82, 2.24) is 9.97 Å². The highest BCUT2D eigenvalue weighted by Gasteiger charge is 2.43. The van der Waals surface area contributed by atoms with Gasteiger partial charge in [-0.25, -0.2) is 9.97 Å². The molecule has 2 heterocycles. The first-order chi connectivity index (χ1) is 8.32. The minimum atomic E-state index is -0.0783. The molecule has 1 aliphatic heterocycles. The second kappa shape index (κ2) is 4.50. The number of rotatable bonds is 3. The molecule has 0 aliphatic carbocycles. The molecule has 2 rings (SSSR count). The molecule has 1 aromatic rings. The highest BCUT2D eigenvalue weighted by molar-refractivity contribution is 5.40. The number of nitrogens with two attached hydrogens (primary N) is 1. The highest BCUT2D eigenvalue weighted by atomic mass is 15.3. The molecule has 18 heavy (non-hydrogen) atoms. The molecule has 0 amide bonds. The van der Waals surface area contributed by atoms with Gasteiger partial charge >= 0.3 is 0 Å². The van der Waals surface area contributed by atoms with Crippen LogP contribution in [0.2, 0.25) is 0 Å². The largest absolute Gasteiger partial charge is 0.337 e. The van der Waals surface area contributed by atoms with E-state index in [2.05, 4.69) is 48.6 Å². The Morgan fingerprint density at radius 3 is 2.33 bits per heavy atom. The normalized spacial score (nSPS) is 18.3. The third kappa shape index (κ3) is 2.34. The van der Waals surface area contributed by atoms with Gasteiger partial charge in [-0.15, -0.1) is 0 Å². The molecule has 4 nitrogen and oxygen atoms in total. The van der Waals surface area contributed by atoms with Crippen molar-refractivity contribution in [3.63, 3.8) is 0 Å². The average molecular weight is 248 g/mol. The third-order valence-electron chi connectivity index (χ3n) is 3.86. The van der Waals surface area contributed by atoms with Crippen LogP contribution in [0.3, 0.4) is 0 Å². The molecule has 0 atom stereocenters. The topological polar surface area (TPSA) is 55.0 Å². The summed E-state index contributed by atoms with van der Waals surface area (Å²) in [6, 6.07) is 2.06. The van der Waals surface area contributed by atoms with Crippen molar-refractivity contribution < 1.29 is 0 Å². The second-order valence-electron chi connectivity index (χ2n) is 6.13. The van der Waals surface area contributed by atoms with Crippen LogP contribution in [0.4, 0.5) is 5.95 Å². The fourth-order valence-electron chi connectivity index (χ4n) is 2.18. The SMILES string of the molecule is Cc1cc(C(C)C)nc(N2CC(N)(C(C)C)C2)n1. The van der Waals surface area contributed by atoms with Crippen molar-refractivity contribution >= 4 is 5.95 Å². The summed E-state index contributed by atoms with van der Waals surface area (Å²) in [5.41, 5.74) is 8.37. The quantitative estimate of drug-likeness (QED) is 0.890. The van der Waals surface area contributed by atoms with Gasteiger partial charge in [-0.05, 0) is 24.8 Å². The van der Waals surface area contributed by atoms with E-state index in [1.165, 1.54) is 0 Å². The zero-order valence-electron chi connectivity index (χ0n) is 12.1. The van der Waals surface area contributed by atoms with Crippen molar-refractivity contribution in [3.8, 4) is 0 Å². The van der Waals surface area contributed by atoms with Crippen LogP contribution >= 0.6 is 0 Å². The molecule has 1 saturated heterocycles. The van der Waals surface area contributed by atoms with Crippen molar-refractivity contribution in [2.24, 2.45) is 11.7 Å². The lowest BCUT2D eigenvalue weighted by molar-refractivity contribution is 0.242. The van der Waals surface area contributed by atoms with Gasteiger partial charge in [-0.3, -0.25) is 0 Å². The van der Waals surface area contributed by atoms with E-state index in [-0.39, 0.29) is 5.54 Å². The van der Waals surface area contributed by atoms with Gasteiger partial charge in [-0.1, -0.05) is 27.7 Å². The Bertz CT molecular complexity index is 433. The summed E-state index contributed by atoms with van der Waals surface area (Å²) >= 11 is 0. The van der Waals surface area contributed by atoms with Crippen molar-refractivity contribution in [1.29, 1.82) is 0 Å². The summed E-state index contributed by atoms with van der Waals surface area (Å²) < 4.78 is 0. The van der Waals surface area contributed by atoms with Gasteiger partial charge in [0.1, 0.15) is 0 Å². The van der Waals surface area contributed by atoms with Crippen LogP contribution in [0.5, 0.6) is 0 Å². The Morgan fingerprint density at radius 1 is 1.22 bits per heavy atom. The molecule has 1 aliphatic rings. The molecule has 0 unspecified atom stereocenters. The number of anilines is 1. The number of aryl methyl sites for hydroxylation is 1. The van der Waals surface area contributed by atoms with E-state index in [0.29, 0.717) is 11.8 Å². The lowest BCUT2D eigenvalue weighted by Gasteiger charge is -2.50. The van der Waals surface area contributed by atoms with E-state index >= 15 is 0 Å². The number of nitrogens with zero attached hydrogens (tertiary/aromatic N) is 3. The van der Waals surface area contributed by atoms with Crippen molar-refractivity contribution in [2.75, 3.05) is 18.0 Å². The minimum Gasteiger partial charge on any atom is -0.337 e. The molecule has 0 radical (unpaired) electrons. The van der Waals surface area contributed by atoms with Crippen LogP contribution < -0.4 is 10.6 Å². The summed E-state index contributed by atoms with van der Waals surface area (Å²) in [5.74, 6) is 1.75. The maximum absolute atomic E-state index is 6.31. The molecule has 0 aromatic carbocycles. The number of hydrogen-bond donors (Lipinski definition) is 1. The van der Waals surface area contributed by atoms with Crippen molar-refractivity contribution in [3.05, 3.63) is 17.5 Å². The fourth-order valence-corrected chi connectivity index (χ4v) is 2.18. The molecule has 4 heteroatoms. The second-order valence-corrected chi connectivity index (χ2v) is 6.13. The molecule has 2 N–H and O–H groups in total. The van der Waals surface area contributed by atoms with Crippen LogP contribution in [-0.2, 0) is 0 Å². The van der Waals surface area contributed by atoms with E-state index < -0.39 is 0 Å². The molecular formula is C14H24N4. The van der Waals surface area contributed by atoms with Gasteiger partial charge in [0.15, 0.2) is 0 Å². The van der Waals surface area contributed by atoms with E-state index in [1.54, 1.807) is 0 Å². The zero-order chi connectivity index (χ0) is 13.5. The molecule has 0 spiro atoms. The Labute approximate surface area is 110 Å². The van der Waals surface area contributed by atoms with Gasteiger partial charge in [0.2, 0.25) is 5.95 Å². The van der Waals surface area contributed by atoms with Gasteiger partial charge < -0.3 is 10.6 Å². The summed E-state index contributed by atoms with van der Waals surface area (Å²) in [6.07, 6.45) is 0. The van der Waals surface area contributed by atoms with E-state index in [1.807, 2.05) is 6.92 Å². The van der Waals surface area contributed by atoms with Gasteiger partial charge in [0.05, 0.1) is 5.54 Å². The molecule has 100 valence electrons. The van der Waals surface area contributed by atoms with Crippen LogP contribution in [0, 0.1) is 12.8 Å². The molecular weight excluding hydrogens is 224 g/mol. The molecule has 0 saturated carbocycles. The highest BCUT2D eigenvalue weighted by Crippen LogP contribution is 2.29. The van der Waals surface area contributed by atoms with Crippen LogP contribution in [0.1, 0.15) is 45.0 Å². The predicted molar refractivity (Wildman–Crippen MR) is 74.8 cm³/mol. The summed E-state index contributed by atoms with van der Waals surface area (Å²) in [7, 11) is 0.